The summed E-state index contributed by atoms with van der Waals surface area (Å²) in [5.41, 5.74) is 0. The van der Waals surface area contributed by atoms with Crippen LogP contribution in [0.4, 0.5) is 0 Å². The van der Waals surface area contributed by atoms with E-state index < -0.39 is 9.84 Å². The maximum absolute atomic E-state index is 12.1. The molecule has 0 bridgehead atoms. The molecule has 1 aromatic rings. The number of amides is 2. The molecule has 6 nitrogen and oxygen atoms in total. The quantitative estimate of drug-likeness (QED) is 0.862. The zero-order valence-electron chi connectivity index (χ0n) is 13.2. The van der Waals surface area contributed by atoms with Crippen LogP contribution in [0.25, 0.3) is 0 Å². The number of benzene rings is 1. The standard InChI is InChI=1S/C16H22N2O4S/c1-13(19)18-10-5-6-14(12-18)16(20)17-9-11-23(21,22)15-7-3-2-4-8-15/h2-4,7-8,14H,5-6,9-12H2,1H3,(H,17,20)/t14-/m1/s1. The molecule has 1 aliphatic heterocycles. The predicted octanol–water partition coefficient (Wildman–Crippen LogP) is 0.835. The summed E-state index contributed by atoms with van der Waals surface area (Å²) in [4.78, 5) is 25.4. The maximum atomic E-state index is 12.1. The first-order valence-corrected chi connectivity index (χ1v) is 9.36. The fraction of sp³-hybridized carbons (Fsp3) is 0.500. The van der Waals surface area contributed by atoms with Crippen molar-refractivity contribution in [2.75, 3.05) is 25.4 Å². The van der Waals surface area contributed by atoms with Gasteiger partial charge in [0.15, 0.2) is 9.84 Å². The van der Waals surface area contributed by atoms with Crippen LogP contribution >= 0.6 is 0 Å². The molecule has 2 amide bonds. The zero-order valence-corrected chi connectivity index (χ0v) is 14.0. The van der Waals surface area contributed by atoms with Crippen molar-refractivity contribution >= 4 is 21.7 Å². The number of nitrogens with one attached hydrogen (secondary N) is 1. The van der Waals surface area contributed by atoms with Gasteiger partial charge in [-0.1, -0.05) is 18.2 Å². The predicted molar refractivity (Wildman–Crippen MR) is 86.5 cm³/mol. The van der Waals surface area contributed by atoms with Gasteiger partial charge in [-0.15, -0.1) is 0 Å². The zero-order chi connectivity index (χ0) is 16.9. The molecule has 0 unspecified atom stereocenters. The van der Waals surface area contributed by atoms with E-state index in [2.05, 4.69) is 5.32 Å². The number of carbonyl (C=O) groups is 2. The Bertz CT molecular complexity index is 658. The van der Waals surface area contributed by atoms with Gasteiger partial charge in [-0.3, -0.25) is 9.59 Å². The van der Waals surface area contributed by atoms with Gasteiger partial charge in [-0.25, -0.2) is 8.42 Å². The average Bonchev–Trinajstić information content (AvgIpc) is 2.55. The van der Waals surface area contributed by atoms with Gasteiger partial charge in [-0.2, -0.15) is 0 Å². The van der Waals surface area contributed by atoms with Gasteiger partial charge < -0.3 is 10.2 Å². The highest BCUT2D eigenvalue weighted by Crippen LogP contribution is 2.16. The highest BCUT2D eigenvalue weighted by atomic mass is 32.2. The summed E-state index contributed by atoms with van der Waals surface area (Å²) in [7, 11) is -3.39. The van der Waals surface area contributed by atoms with Crippen LogP contribution in [-0.4, -0.2) is 50.5 Å². The molecule has 0 aromatic heterocycles. The number of carbonyl (C=O) groups excluding carboxylic acids is 2. The highest BCUT2D eigenvalue weighted by molar-refractivity contribution is 7.91. The van der Waals surface area contributed by atoms with E-state index in [-0.39, 0.29) is 34.9 Å². The van der Waals surface area contributed by atoms with Crippen molar-refractivity contribution in [3.05, 3.63) is 30.3 Å². The summed E-state index contributed by atoms with van der Waals surface area (Å²) in [5, 5.41) is 2.68. The van der Waals surface area contributed by atoms with Crippen LogP contribution in [0.15, 0.2) is 35.2 Å². The van der Waals surface area contributed by atoms with E-state index in [9.17, 15) is 18.0 Å². The Morgan fingerprint density at radius 1 is 1.26 bits per heavy atom. The molecule has 1 aromatic carbocycles. The first-order chi connectivity index (χ1) is 10.9. The van der Waals surface area contributed by atoms with Crippen LogP contribution in [0.3, 0.4) is 0 Å². The van der Waals surface area contributed by atoms with E-state index in [1.807, 2.05) is 0 Å². The van der Waals surface area contributed by atoms with Gasteiger partial charge in [0.2, 0.25) is 11.8 Å². The molecule has 1 heterocycles. The molecule has 7 heteroatoms. The lowest BCUT2D eigenvalue weighted by Gasteiger charge is -2.31. The number of likely N-dealkylation sites (tertiary alicyclic amines) is 1. The van der Waals surface area contributed by atoms with E-state index in [0.717, 1.165) is 12.8 Å². The number of sulfone groups is 1. The second-order valence-electron chi connectivity index (χ2n) is 5.73. The van der Waals surface area contributed by atoms with Crippen LogP contribution < -0.4 is 5.32 Å². The minimum absolute atomic E-state index is 0.0332. The van der Waals surface area contributed by atoms with Gasteiger partial charge in [-0.05, 0) is 25.0 Å². The molecule has 1 saturated heterocycles. The minimum atomic E-state index is -3.39. The van der Waals surface area contributed by atoms with E-state index in [1.165, 1.54) is 6.92 Å². The van der Waals surface area contributed by atoms with Crippen LogP contribution in [-0.2, 0) is 19.4 Å². The smallest absolute Gasteiger partial charge is 0.224 e. The fourth-order valence-corrected chi connectivity index (χ4v) is 3.85. The third-order valence-electron chi connectivity index (χ3n) is 4.01. The normalized spacial score (nSPS) is 18.5. The van der Waals surface area contributed by atoms with Crippen LogP contribution in [0.2, 0.25) is 0 Å². The third kappa shape index (κ3) is 4.79. The number of hydrogen-bond acceptors (Lipinski definition) is 4. The summed E-state index contributed by atoms with van der Waals surface area (Å²) in [6.45, 7) is 2.66. The van der Waals surface area contributed by atoms with Gasteiger partial charge in [0, 0.05) is 26.6 Å². The Hall–Kier alpha value is -1.89. The molecule has 2 rings (SSSR count). The molecule has 126 valence electrons. The third-order valence-corrected chi connectivity index (χ3v) is 5.74. The van der Waals surface area contributed by atoms with Gasteiger partial charge in [0.25, 0.3) is 0 Å². The lowest BCUT2D eigenvalue weighted by molar-refractivity contribution is -0.133. The lowest BCUT2D eigenvalue weighted by atomic mass is 9.97. The summed E-state index contributed by atoms with van der Waals surface area (Å²) in [6, 6.07) is 8.18. The van der Waals surface area contributed by atoms with E-state index >= 15 is 0 Å². The van der Waals surface area contributed by atoms with E-state index in [1.54, 1.807) is 35.2 Å². The second kappa shape index (κ2) is 7.59. The molecule has 23 heavy (non-hydrogen) atoms. The molecule has 1 N–H and O–H groups in total. The van der Waals surface area contributed by atoms with Gasteiger partial charge in [0.1, 0.15) is 0 Å². The molecular formula is C16H22N2O4S. The van der Waals surface area contributed by atoms with Crippen molar-refractivity contribution < 1.29 is 18.0 Å². The van der Waals surface area contributed by atoms with Crippen LogP contribution in [0, 0.1) is 5.92 Å². The van der Waals surface area contributed by atoms with Crippen LogP contribution in [0.1, 0.15) is 19.8 Å². The largest absolute Gasteiger partial charge is 0.355 e. The molecule has 1 atom stereocenters. The van der Waals surface area contributed by atoms with Crippen molar-refractivity contribution in [2.24, 2.45) is 5.92 Å². The highest BCUT2D eigenvalue weighted by Gasteiger charge is 2.27. The Labute approximate surface area is 136 Å². The van der Waals surface area contributed by atoms with Crippen LogP contribution in [0.5, 0.6) is 0 Å². The molecular weight excluding hydrogens is 316 g/mol. The number of hydrogen-bond donors (Lipinski definition) is 1. The molecule has 0 saturated carbocycles. The molecule has 0 spiro atoms. The summed E-state index contributed by atoms with van der Waals surface area (Å²) in [5.74, 6) is -0.605. The number of rotatable bonds is 5. The Balaban J connectivity index is 1.84. The Morgan fingerprint density at radius 2 is 1.96 bits per heavy atom. The first kappa shape index (κ1) is 17.5. The first-order valence-electron chi connectivity index (χ1n) is 7.71. The fourth-order valence-electron chi connectivity index (χ4n) is 2.68. The number of nitrogens with zero attached hydrogens (tertiary/aromatic N) is 1. The van der Waals surface area contributed by atoms with E-state index in [0.29, 0.717) is 13.1 Å². The SMILES string of the molecule is CC(=O)N1CCC[C@@H](C(=O)NCCS(=O)(=O)c2ccccc2)C1. The summed E-state index contributed by atoms with van der Waals surface area (Å²) < 4.78 is 24.3. The molecule has 0 radical (unpaired) electrons. The lowest BCUT2D eigenvalue weighted by Crippen LogP contribution is -2.45. The Morgan fingerprint density at radius 3 is 2.61 bits per heavy atom. The van der Waals surface area contributed by atoms with Crippen molar-refractivity contribution in [3.8, 4) is 0 Å². The monoisotopic (exact) mass is 338 g/mol. The van der Waals surface area contributed by atoms with Crippen molar-refractivity contribution in [2.45, 2.75) is 24.7 Å². The second-order valence-corrected chi connectivity index (χ2v) is 7.84. The maximum Gasteiger partial charge on any atom is 0.224 e. The summed E-state index contributed by atoms with van der Waals surface area (Å²) in [6.07, 6.45) is 1.51. The number of piperidine rings is 1. The minimum Gasteiger partial charge on any atom is -0.355 e. The molecule has 0 aliphatic carbocycles. The van der Waals surface area contributed by atoms with Gasteiger partial charge in [0.05, 0.1) is 16.6 Å². The van der Waals surface area contributed by atoms with Gasteiger partial charge >= 0.3 is 0 Å². The van der Waals surface area contributed by atoms with Crippen molar-refractivity contribution in [3.63, 3.8) is 0 Å². The summed E-state index contributed by atoms with van der Waals surface area (Å²) >= 11 is 0. The van der Waals surface area contributed by atoms with Crippen molar-refractivity contribution in [1.29, 1.82) is 0 Å². The topological polar surface area (TPSA) is 83.6 Å². The van der Waals surface area contributed by atoms with Crippen molar-refractivity contribution in [1.82, 2.24) is 10.2 Å². The molecule has 1 fully saturated rings. The molecule has 1 aliphatic rings. The average molecular weight is 338 g/mol. The van der Waals surface area contributed by atoms with E-state index in [4.69, 9.17) is 0 Å². The Kier molecular flexibility index (Phi) is 5.76.